The molecular formula is C22H24N8O4. The van der Waals surface area contributed by atoms with Crippen LogP contribution in [0.1, 0.15) is 29.6 Å². The van der Waals surface area contributed by atoms with Crippen molar-refractivity contribution in [1.29, 1.82) is 0 Å². The number of carbonyl (C=O) groups is 1. The smallest absolute Gasteiger partial charge is 0.308 e. The second-order valence-electron chi connectivity index (χ2n) is 7.95. The van der Waals surface area contributed by atoms with Gasteiger partial charge in [-0.1, -0.05) is 0 Å². The van der Waals surface area contributed by atoms with Crippen molar-refractivity contribution in [3.63, 3.8) is 0 Å². The van der Waals surface area contributed by atoms with Crippen molar-refractivity contribution in [2.24, 2.45) is 0 Å². The Morgan fingerprint density at radius 1 is 1.32 bits per heavy atom. The Labute approximate surface area is 194 Å². The Bertz CT molecular complexity index is 1380. The Morgan fingerprint density at radius 3 is 2.94 bits per heavy atom. The fourth-order valence-corrected chi connectivity index (χ4v) is 4.13. The van der Waals surface area contributed by atoms with Gasteiger partial charge in [-0.3, -0.25) is 9.59 Å². The molecule has 1 amide bonds. The Morgan fingerprint density at radius 2 is 2.21 bits per heavy atom. The lowest BCUT2D eigenvalue weighted by atomic mass is 10.2. The van der Waals surface area contributed by atoms with E-state index < -0.39 is 0 Å². The third kappa shape index (κ3) is 3.99. The highest BCUT2D eigenvalue weighted by Gasteiger charge is 2.27. The number of nitrogens with one attached hydrogen (secondary N) is 3. The highest BCUT2D eigenvalue weighted by atomic mass is 16.5. The second kappa shape index (κ2) is 8.98. The van der Waals surface area contributed by atoms with Gasteiger partial charge in [0.1, 0.15) is 29.1 Å². The number of carbonyl (C=O) groups excluding carboxylic acids is 1. The molecule has 34 heavy (non-hydrogen) atoms. The summed E-state index contributed by atoms with van der Waals surface area (Å²) in [7, 11) is 3.42. The minimum Gasteiger partial charge on any atom is -0.432 e. The molecule has 0 radical (unpaired) electrons. The number of methoxy groups -OCH3 is 1. The summed E-state index contributed by atoms with van der Waals surface area (Å²) >= 11 is 0. The second-order valence-corrected chi connectivity index (χ2v) is 7.95. The van der Waals surface area contributed by atoms with Gasteiger partial charge in [-0.05, 0) is 31.4 Å². The standard InChI is InChI=1S/C22H24N8O4/c1-23-18-11-17(27-16-4-3-8-29(21(16)32)22-24-7-9-34-22)28-19-15(12-25-30(18)19)20(31)26-13-5-6-14(10-13)33-2/h3-4,7-9,11-14,23H,5-6,10H2,1-2H3,(H,26,31)(H,27,28)/t13?,14-/m1/s1. The lowest BCUT2D eigenvalue weighted by molar-refractivity contribution is 0.0916. The molecule has 1 saturated carbocycles. The average Bonchev–Trinajstić information content (AvgIpc) is 3.60. The van der Waals surface area contributed by atoms with Gasteiger partial charge in [-0.25, -0.2) is 14.5 Å². The van der Waals surface area contributed by atoms with E-state index in [2.05, 4.69) is 31.0 Å². The number of amides is 1. The van der Waals surface area contributed by atoms with E-state index in [4.69, 9.17) is 9.15 Å². The van der Waals surface area contributed by atoms with Crippen LogP contribution >= 0.6 is 0 Å². The molecule has 1 aliphatic rings. The molecule has 1 fully saturated rings. The number of rotatable bonds is 7. The van der Waals surface area contributed by atoms with E-state index >= 15 is 0 Å². The van der Waals surface area contributed by atoms with Gasteiger partial charge >= 0.3 is 6.01 Å². The van der Waals surface area contributed by atoms with Crippen molar-refractivity contribution in [2.75, 3.05) is 24.8 Å². The number of hydrogen-bond acceptors (Lipinski definition) is 9. The van der Waals surface area contributed by atoms with Gasteiger partial charge in [0.2, 0.25) is 0 Å². The van der Waals surface area contributed by atoms with Crippen molar-refractivity contribution in [2.45, 2.75) is 31.4 Å². The van der Waals surface area contributed by atoms with Crippen molar-refractivity contribution >= 4 is 28.9 Å². The maximum atomic E-state index is 13.0. The van der Waals surface area contributed by atoms with Crippen LogP contribution in [0.5, 0.6) is 0 Å². The molecule has 176 valence electrons. The maximum Gasteiger partial charge on any atom is 0.308 e. The van der Waals surface area contributed by atoms with Gasteiger partial charge in [0, 0.05) is 32.5 Å². The molecule has 5 rings (SSSR count). The van der Waals surface area contributed by atoms with Crippen LogP contribution in [0, 0.1) is 0 Å². The van der Waals surface area contributed by atoms with Crippen LogP contribution in [0.4, 0.5) is 17.3 Å². The molecule has 0 aliphatic heterocycles. The Kier molecular flexibility index (Phi) is 5.72. The molecular weight excluding hydrogens is 440 g/mol. The molecule has 12 heteroatoms. The van der Waals surface area contributed by atoms with E-state index in [0.717, 1.165) is 19.3 Å². The summed E-state index contributed by atoms with van der Waals surface area (Å²) in [6, 6.07) is 5.21. The summed E-state index contributed by atoms with van der Waals surface area (Å²) in [5.74, 6) is 0.708. The lowest BCUT2D eigenvalue weighted by Crippen LogP contribution is -2.33. The number of oxazole rings is 1. The van der Waals surface area contributed by atoms with Crippen molar-refractivity contribution < 1.29 is 13.9 Å². The Hall–Kier alpha value is -4.19. The highest BCUT2D eigenvalue weighted by molar-refractivity contribution is 6.00. The number of anilines is 3. The molecule has 4 aromatic heterocycles. The van der Waals surface area contributed by atoms with Crippen LogP contribution in [0.2, 0.25) is 0 Å². The zero-order chi connectivity index (χ0) is 23.7. The predicted molar refractivity (Wildman–Crippen MR) is 124 cm³/mol. The summed E-state index contributed by atoms with van der Waals surface area (Å²) in [4.78, 5) is 34.5. The zero-order valence-electron chi connectivity index (χ0n) is 18.7. The molecule has 12 nitrogen and oxygen atoms in total. The largest absolute Gasteiger partial charge is 0.432 e. The fraction of sp³-hybridized carbons (Fsp3) is 0.318. The molecule has 0 bridgehead atoms. The third-order valence-electron chi connectivity index (χ3n) is 5.86. The first-order valence-corrected chi connectivity index (χ1v) is 10.9. The summed E-state index contributed by atoms with van der Waals surface area (Å²) in [5, 5.41) is 13.5. The van der Waals surface area contributed by atoms with Crippen LogP contribution < -0.4 is 21.5 Å². The minimum atomic E-state index is -0.363. The van der Waals surface area contributed by atoms with Crippen LogP contribution in [-0.4, -0.2) is 56.4 Å². The first-order valence-electron chi connectivity index (χ1n) is 10.9. The molecule has 1 unspecified atom stereocenters. The molecule has 0 spiro atoms. The van der Waals surface area contributed by atoms with E-state index in [1.807, 2.05) is 0 Å². The van der Waals surface area contributed by atoms with Crippen molar-refractivity contribution in [3.8, 4) is 6.01 Å². The summed E-state index contributed by atoms with van der Waals surface area (Å²) < 4.78 is 13.5. The van der Waals surface area contributed by atoms with Gasteiger partial charge in [0.25, 0.3) is 11.5 Å². The number of aromatic nitrogens is 5. The highest BCUT2D eigenvalue weighted by Crippen LogP contribution is 2.24. The first-order chi connectivity index (χ1) is 16.6. The van der Waals surface area contributed by atoms with Gasteiger partial charge in [0.05, 0.1) is 18.5 Å². The van der Waals surface area contributed by atoms with Crippen LogP contribution in [-0.2, 0) is 4.74 Å². The number of nitrogens with zero attached hydrogens (tertiary/aromatic N) is 5. The van der Waals surface area contributed by atoms with E-state index in [9.17, 15) is 9.59 Å². The van der Waals surface area contributed by atoms with Gasteiger partial charge in [0.15, 0.2) is 5.65 Å². The lowest BCUT2D eigenvalue weighted by Gasteiger charge is -2.13. The summed E-state index contributed by atoms with van der Waals surface area (Å²) in [6.45, 7) is 0. The number of fused-ring (bicyclic) bond motifs is 1. The SMILES string of the molecule is CNc1cc(Nc2cccn(-c3ncco3)c2=O)nc2c(C(=O)NC3CC[C@@H](OC)C3)cnn12. The topological polar surface area (TPSA) is 141 Å². The molecule has 0 saturated heterocycles. The normalized spacial score (nSPS) is 17.7. The van der Waals surface area contributed by atoms with Crippen LogP contribution in [0.3, 0.4) is 0 Å². The molecule has 3 N–H and O–H groups in total. The number of pyridine rings is 1. The minimum absolute atomic E-state index is 0.0375. The zero-order valence-corrected chi connectivity index (χ0v) is 18.7. The van der Waals surface area contributed by atoms with E-state index in [-0.39, 0.29) is 35.3 Å². The van der Waals surface area contributed by atoms with E-state index in [1.54, 1.807) is 43.1 Å². The maximum absolute atomic E-state index is 13.0. The molecule has 2 atom stereocenters. The van der Waals surface area contributed by atoms with E-state index in [1.165, 1.54) is 23.2 Å². The first kappa shape index (κ1) is 21.6. The third-order valence-corrected chi connectivity index (χ3v) is 5.86. The molecule has 4 aromatic rings. The van der Waals surface area contributed by atoms with Crippen LogP contribution in [0.15, 0.2) is 52.3 Å². The van der Waals surface area contributed by atoms with Crippen LogP contribution in [0.25, 0.3) is 11.7 Å². The van der Waals surface area contributed by atoms with Crippen molar-refractivity contribution in [1.82, 2.24) is 29.5 Å². The monoisotopic (exact) mass is 464 g/mol. The molecule has 4 heterocycles. The number of ether oxygens (including phenoxy) is 1. The average molecular weight is 464 g/mol. The number of hydrogen-bond donors (Lipinski definition) is 3. The van der Waals surface area contributed by atoms with Gasteiger partial charge < -0.3 is 25.1 Å². The Balaban J connectivity index is 1.46. The quantitative estimate of drug-likeness (QED) is 0.374. The molecule has 0 aromatic carbocycles. The summed E-state index contributed by atoms with van der Waals surface area (Å²) in [6.07, 6.45) is 8.60. The van der Waals surface area contributed by atoms with Gasteiger partial charge in [-0.2, -0.15) is 9.61 Å². The summed E-state index contributed by atoms with van der Waals surface area (Å²) in [5.41, 5.74) is 0.600. The van der Waals surface area contributed by atoms with Gasteiger partial charge in [-0.15, -0.1) is 0 Å². The van der Waals surface area contributed by atoms with E-state index in [0.29, 0.717) is 22.8 Å². The van der Waals surface area contributed by atoms with Crippen molar-refractivity contribution in [3.05, 3.63) is 59.0 Å². The predicted octanol–water partition coefficient (Wildman–Crippen LogP) is 1.95. The fourth-order valence-electron chi connectivity index (χ4n) is 4.13. The molecule has 1 aliphatic carbocycles.